The van der Waals surface area contributed by atoms with Crippen LogP contribution in [-0.2, 0) is 25.5 Å². The summed E-state index contributed by atoms with van der Waals surface area (Å²) in [5.74, 6) is 0.876. The molecule has 1 unspecified atom stereocenters. The summed E-state index contributed by atoms with van der Waals surface area (Å²) < 4.78 is 23.3. The fourth-order valence-corrected chi connectivity index (χ4v) is 6.66. The van der Waals surface area contributed by atoms with Gasteiger partial charge in [-0.15, -0.1) is 0 Å². The highest BCUT2D eigenvalue weighted by molar-refractivity contribution is 5.89. The highest BCUT2D eigenvalue weighted by atomic mass is 16.5. The lowest BCUT2D eigenvalue weighted by Gasteiger charge is -2.37. The lowest BCUT2D eigenvalue weighted by molar-refractivity contribution is -0.162. The molecular formula is C41H53NO7. The Balaban J connectivity index is 1.59. The van der Waals surface area contributed by atoms with Crippen molar-refractivity contribution in [3.63, 3.8) is 0 Å². The maximum absolute atomic E-state index is 14.3. The van der Waals surface area contributed by atoms with Gasteiger partial charge in [0.25, 0.3) is 0 Å². The highest BCUT2D eigenvalue weighted by Gasteiger charge is 2.38. The van der Waals surface area contributed by atoms with E-state index in [9.17, 15) is 14.4 Å². The summed E-state index contributed by atoms with van der Waals surface area (Å²) >= 11 is 0. The first kappa shape index (κ1) is 37.5. The molecule has 1 fully saturated rings. The first-order valence-electron chi connectivity index (χ1n) is 17.6. The molecule has 0 radical (unpaired) electrons. The van der Waals surface area contributed by atoms with Gasteiger partial charge in [0, 0.05) is 13.0 Å². The van der Waals surface area contributed by atoms with E-state index in [-0.39, 0.29) is 18.3 Å². The van der Waals surface area contributed by atoms with Crippen molar-refractivity contribution < 1.29 is 33.3 Å². The lowest BCUT2D eigenvalue weighted by Crippen LogP contribution is -2.50. The second kappa shape index (κ2) is 17.9. The number of amides is 1. The molecule has 3 aromatic carbocycles. The lowest BCUT2D eigenvalue weighted by atomic mass is 9.91. The quantitative estimate of drug-likeness (QED) is 0.142. The molecule has 0 spiro atoms. The third kappa shape index (κ3) is 9.64. The van der Waals surface area contributed by atoms with Gasteiger partial charge in [0.05, 0.1) is 20.1 Å². The van der Waals surface area contributed by atoms with Crippen molar-refractivity contribution >= 4 is 17.7 Å². The van der Waals surface area contributed by atoms with E-state index in [2.05, 4.69) is 32.0 Å². The second-order valence-corrected chi connectivity index (χ2v) is 13.1. The molecule has 3 atom stereocenters. The van der Waals surface area contributed by atoms with Gasteiger partial charge in [0.1, 0.15) is 24.5 Å². The summed E-state index contributed by atoms with van der Waals surface area (Å²) in [6.07, 6.45) is 4.68. The zero-order chi connectivity index (χ0) is 35.5. The molecule has 3 aromatic rings. The Labute approximate surface area is 292 Å². The highest BCUT2D eigenvalue weighted by Crippen LogP contribution is 2.37. The standard InChI is InChI=1S/C41H53NO7/c1-8-13-33(43)26-48-34-15-12-14-31(24-34)37(20-19-30-18-17-27(3)28(4)22-30)49-41(45)36-16-10-11-21-42(36)40(44)35(9-2)32-23-29(5)39(47-7)38(25-32)46-6/h12,14-15,17-18,22-25,35-37H,8-11,13,16,19-21,26H2,1-7H3/t35-,36-,37?/m0/s1. The van der Waals surface area contributed by atoms with E-state index in [0.717, 1.165) is 41.5 Å². The first-order chi connectivity index (χ1) is 23.6. The van der Waals surface area contributed by atoms with Gasteiger partial charge in [0.2, 0.25) is 5.91 Å². The van der Waals surface area contributed by atoms with Crippen molar-refractivity contribution in [1.29, 1.82) is 0 Å². The monoisotopic (exact) mass is 671 g/mol. The Morgan fingerprint density at radius 3 is 2.37 bits per heavy atom. The second-order valence-electron chi connectivity index (χ2n) is 13.1. The maximum atomic E-state index is 14.3. The van der Waals surface area contributed by atoms with Crippen LogP contribution >= 0.6 is 0 Å². The maximum Gasteiger partial charge on any atom is 0.329 e. The van der Waals surface area contributed by atoms with Crippen molar-refractivity contribution in [3.8, 4) is 17.2 Å². The van der Waals surface area contributed by atoms with Crippen LogP contribution in [0.4, 0.5) is 0 Å². The van der Waals surface area contributed by atoms with Gasteiger partial charge in [-0.1, -0.05) is 50.2 Å². The van der Waals surface area contributed by atoms with E-state index in [0.29, 0.717) is 55.9 Å². The molecule has 8 nitrogen and oxygen atoms in total. The topological polar surface area (TPSA) is 91.4 Å². The van der Waals surface area contributed by atoms with Crippen molar-refractivity contribution in [1.82, 2.24) is 4.90 Å². The number of rotatable bonds is 16. The van der Waals surface area contributed by atoms with Gasteiger partial charge in [-0.2, -0.15) is 0 Å². The molecule has 1 aliphatic rings. The number of ether oxygens (including phenoxy) is 4. The largest absolute Gasteiger partial charge is 0.493 e. The van der Waals surface area contributed by atoms with E-state index in [1.165, 1.54) is 11.1 Å². The number of hydrogen-bond acceptors (Lipinski definition) is 7. The van der Waals surface area contributed by atoms with E-state index in [1.807, 2.05) is 57.2 Å². The Morgan fingerprint density at radius 2 is 1.67 bits per heavy atom. The zero-order valence-electron chi connectivity index (χ0n) is 30.3. The summed E-state index contributed by atoms with van der Waals surface area (Å²) in [5.41, 5.74) is 6.10. The molecule has 49 heavy (non-hydrogen) atoms. The minimum absolute atomic E-state index is 0.00171. The molecule has 0 saturated carbocycles. The molecule has 0 N–H and O–H groups in total. The number of aryl methyl sites for hydroxylation is 4. The molecular weight excluding hydrogens is 618 g/mol. The SMILES string of the molecule is CCCC(=O)COc1cccc(C(CCc2ccc(C)c(C)c2)OC(=O)[C@@H]2CCCCN2C(=O)[C@@H](CC)c2cc(C)c(OC)c(OC)c2)c1. The fraction of sp³-hybridized carbons (Fsp3) is 0.488. The normalized spacial score (nSPS) is 15.7. The average Bonchev–Trinajstić information content (AvgIpc) is 3.10. The van der Waals surface area contributed by atoms with Gasteiger partial charge < -0.3 is 23.8 Å². The molecule has 0 aromatic heterocycles. The smallest absolute Gasteiger partial charge is 0.329 e. The minimum atomic E-state index is -0.688. The molecule has 0 bridgehead atoms. The predicted octanol–water partition coefficient (Wildman–Crippen LogP) is 8.17. The Hall–Kier alpha value is -4.33. The number of Topliss-reactive ketones (excluding diaryl/α,β-unsaturated/α-hetero) is 1. The van der Waals surface area contributed by atoms with Gasteiger partial charge in [-0.3, -0.25) is 9.59 Å². The summed E-state index contributed by atoms with van der Waals surface area (Å²) in [6.45, 7) is 10.6. The van der Waals surface area contributed by atoms with Crippen molar-refractivity contribution in [2.75, 3.05) is 27.4 Å². The molecule has 4 rings (SSSR count). The van der Waals surface area contributed by atoms with Crippen LogP contribution in [0.2, 0.25) is 0 Å². The predicted molar refractivity (Wildman–Crippen MR) is 192 cm³/mol. The molecule has 1 saturated heterocycles. The number of carbonyl (C=O) groups is 3. The Kier molecular flexibility index (Phi) is 13.7. The first-order valence-corrected chi connectivity index (χ1v) is 17.6. The Bertz CT molecular complexity index is 1600. The van der Waals surface area contributed by atoms with Crippen molar-refractivity contribution in [3.05, 3.63) is 88.0 Å². The molecule has 0 aliphatic carbocycles. The third-order valence-electron chi connectivity index (χ3n) is 9.54. The molecule has 264 valence electrons. The van der Waals surface area contributed by atoms with Gasteiger partial charge in [-0.25, -0.2) is 4.79 Å². The number of methoxy groups -OCH3 is 2. The number of ketones is 1. The number of esters is 1. The van der Waals surface area contributed by atoms with Crippen LogP contribution in [0.1, 0.15) is 104 Å². The van der Waals surface area contributed by atoms with Crippen LogP contribution in [0.5, 0.6) is 17.2 Å². The van der Waals surface area contributed by atoms with Crippen LogP contribution in [0, 0.1) is 20.8 Å². The van der Waals surface area contributed by atoms with Crippen LogP contribution in [0.15, 0.2) is 54.6 Å². The number of hydrogen-bond donors (Lipinski definition) is 0. The van der Waals surface area contributed by atoms with E-state index in [1.54, 1.807) is 19.1 Å². The molecule has 1 aliphatic heterocycles. The van der Waals surface area contributed by atoms with Gasteiger partial charge in [0.15, 0.2) is 17.3 Å². The van der Waals surface area contributed by atoms with Crippen LogP contribution in [-0.4, -0.2) is 56.0 Å². The number of nitrogens with zero attached hydrogens (tertiary/aromatic N) is 1. The number of carbonyl (C=O) groups excluding carboxylic acids is 3. The minimum Gasteiger partial charge on any atom is -0.493 e. The van der Waals surface area contributed by atoms with Gasteiger partial charge >= 0.3 is 5.97 Å². The number of likely N-dealkylation sites (tertiary alicyclic amines) is 1. The van der Waals surface area contributed by atoms with Crippen LogP contribution < -0.4 is 14.2 Å². The molecule has 1 amide bonds. The summed E-state index contributed by atoms with van der Waals surface area (Å²) in [4.78, 5) is 42.3. The summed E-state index contributed by atoms with van der Waals surface area (Å²) in [5, 5.41) is 0. The molecule has 1 heterocycles. The third-order valence-corrected chi connectivity index (χ3v) is 9.54. The van der Waals surface area contributed by atoms with Crippen molar-refractivity contribution in [2.45, 2.75) is 104 Å². The molecule has 8 heteroatoms. The van der Waals surface area contributed by atoms with Crippen LogP contribution in [0.3, 0.4) is 0 Å². The van der Waals surface area contributed by atoms with Crippen molar-refractivity contribution in [2.24, 2.45) is 0 Å². The Morgan fingerprint density at radius 1 is 0.878 bits per heavy atom. The number of benzene rings is 3. The fourth-order valence-electron chi connectivity index (χ4n) is 6.66. The summed E-state index contributed by atoms with van der Waals surface area (Å²) in [7, 11) is 3.19. The number of piperidine rings is 1. The van der Waals surface area contributed by atoms with E-state index < -0.39 is 24.0 Å². The van der Waals surface area contributed by atoms with Gasteiger partial charge in [-0.05, 0) is 117 Å². The van der Waals surface area contributed by atoms with E-state index in [4.69, 9.17) is 18.9 Å². The summed E-state index contributed by atoms with van der Waals surface area (Å²) in [6, 6.07) is 17.0. The average molecular weight is 672 g/mol. The zero-order valence-corrected chi connectivity index (χ0v) is 30.3. The van der Waals surface area contributed by atoms with Crippen LogP contribution in [0.25, 0.3) is 0 Å². The van der Waals surface area contributed by atoms with E-state index >= 15 is 0 Å².